The summed E-state index contributed by atoms with van der Waals surface area (Å²) < 4.78 is 14.0. The summed E-state index contributed by atoms with van der Waals surface area (Å²) >= 11 is 0. The van der Waals surface area contributed by atoms with Gasteiger partial charge in [0.05, 0.1) is 0 Å². The number of hydrogen-bond donors (Lipinski definition) is 1. The maximum atomic E-state index is 7.01. The number of nitrogens with one attached hydrogen (secondary N) is 1. The number of benzene rings is 9. The number of rotatable bonds is 5. The van der Waals surface area contributed by atoms with Gasteiger partial charge in [0.25, 0.3) is 0 Å². The lowest BCUT2D eigenvalue weighted by Gasteiger charge is -2.32. The average molecular weight is 760 g/mol. The molecule has 0 unspecified atom stereocenters. The molecule has 11 rings (SSSR count). The smallest absolute Gasteiger partial charge is 0.307 e. The van der Waals surface area contributed by atoms with Crippen LogP contribution in [0.25, 0.3) is 76.2 Å². The van der Waals surface area contributed by atoms with Crippen molar-refractivity contribution in [1.82, 2.24) is 0 Å². The zero-order chi connectivity index (χ0) is 37.2. The van der Waals surface area contributed by atoms with E-state index < -0.39 is 16.1 Å². The summed E-state index contributed by atoms with van der Waals surface area (Å²) in [5.74, 6) is 0. The van der Waals surface area contributed by atoms with Crippen LogP contribution >= 0.6 is 16.1 Å². The summed E-state index contributed by atoms with van der Waals surface area (Å²) in [6, 6.07) is 64.3. The van der Waals surface area contributed by atoms with E-state index in [1.165, 1.54) is 60.1 Å². The normalized spacial score (nSPS) is 14.2. The molecule has 3 nitrogen and oxygen atoms in total. The third-order valence-electron chi connectivity index (χ3n) is 11.7. The van der Waals surface area contributed by atoms with Crippen molar-refractivity contribution in [3.63, 3.8) is 0 Å². The van der Waals surface area contributed by atoms with E-state index in [1.807, 2.05) is 0 Å². The zero-order valence-corrected chi connectivity index (χ0v) is 32.8. The Balaban J connectivity index is 1.09. The summed E-state index contributed by atoms with van der Waals surface area (Å²) in [4.78, 5) is 0. The molecule has 1 aliphatic rings. The Bertz CT molecular complexity index is 2990. The quantitative estimate of drug-likeness (QED) is 0.178. The molecule has 10 aromatic rings. The van der Waals surface area contributed by atoms with Gasteiger partial charge in [0.2, 0.25) is 0 Å². The molecule has 0 bridgehead atoms. The molecule has 0 aliphatic carbocycles. The molecule has 2 atom stereocenters. The van der Waals surface area contributed by atoms with E-state index in [1.54, 1.807) is 0 Å². The fraction of sp³-hybridized carbons (Fsp3) is 0.0980. The third kappa shape index (κ3) is 5.65. The van der Waals surface area contributed by atoms with E-state index in [-0.39, 0.29) is 11.7 Å². The summed E-state index contributed by atoms with van der Waals surface area (Å²) in [7, 11) is -2.17. The number of hydrogen-bond acceptors (Lipinski definition) is 3. The highest BCUT2D eigenvalue weighted by molar-refractivity contribution is 7.56. The van der Waals surface area contributed by atoms with Gasteiger partial charge in [0.1, 0.15) is 11.2 Å². The molecule has 5 heteroatoms. The molecule has 0 fully saturated rings. The van der Waals surface area contributed by atoms with E-state index in [2.05, 4.69) is 188 Å². The molecule has 270 valence electrons. The number of fused-ring (bicyclic) bond motifs is 14. The largest absolute Gasteiger partial charge is 0.408 e. The second-order valence-electron chi connectivity index (χ2n) is 15.1. The summed E-state index contributed by atoms with van der Waals surface area (Å²) in [6.45, 7) is 2.34. The lowest BCUT2D eigenvalue weighted by Crippen LogP contribution is -2.22. The van der Waals surface area contributed by atoms with Crippen molar-refractivity contribution in [3.8, 4) is 11.1 Å². The lowest BCUT2D eigenvalue weighted by molar-refractivity contribution is 0.632. The summed E-state index contributed by atoms with van der Waals surface area (Å²) in [5, 5.41) is 16.1. The van der Waals surface area contributed by atoms with E-state index >= 15 is 0 Å². The van der Waals surface area contributed by atoms with Gasteiger partial charge in [-0.25, -0.2) is 5.09 Å². The molecule has 1 aliphatic heterocycles. The van der Waals surface area contributed by atoms with E-state index in [4.69, 9.17) is 8.39 Å². The molecule has 1 N–H and O–H groups in total. The van der Waals surface area contributed by atoms with Gasteiger partial charge in [0.15, 0.2) is 0 Å². The molecule has 56 heavy (non-hydrogen) atoms. The fourth-order valence-corrected chi connectivity index (χ4v) is 13.9. The molecule has 0 spiro atoms. The Kier molecular flexibility index (Phi) is 8.29. The van der Waals surface area contributed by atoms with Crippen molar-refractivity contribution in [2.75, 3.05) is 5.09 Å². The molecule has 0 saturated heterocycles. The Hall–Kier alpha value is -5.69. The highest BCUT2D eigenvalue weighted by Gasteiger charge is 2.33. The maximum Gasteiger partial charge on any atom is 0.307 e. The zero-order valence-electron chi connectivity index (χ0n) is 31.0. The van der Waals surface area contributed by atoms with Crippen LogP contribution in [0.1, 0.15) is 29.3 Å². The van der Waals surface area contributed by atoms with Gasteiger partial charge in [-0.05, 0) is 102 Å². The Morgan fingerprint density at radius 2 is 0.857 bits per heavy atom. The summed E-state index contributed by atoms with van der Waals surface area (Å²) in [5.41, 5.74) is 8.96. The van der Waals surface area contributed by atoms with Crippen molar-refractivity contribution in [1.29, 1.82) is 0 Å². The van der Waals surface area contributed by atoms with Crippen molar-refractivity contribution < 1.29 is 8.39 Å². The predicted octanol–water partition coefficient (Wildman–Crippen LogP) is 15.4. The first-order valence-corrected chi connectivity index (χ1v) is 22.4. The molecular weight excluding hydrogens is 721 g/mol. The molecule has 0 amide bonds. The van der Waals surface area contributed by atoms with E-state index in [0.29, 0.717) is 0 Å². The van der Waals surface area contributed by atoms with Gasteiger partial charge in [-0.15, -0.1) is 0 Å². The Labute approximate surface area is 328 Å². The minimum absolute atomic E-state index is 0.0476. The van der Waals surface area contributed by atoms with Crippen molar-refractivity contribution >= 4 is 81.1 Å². The third-order valence-corrected chi connectivity index (χ3v) is 16.1. The van der Waals surface area contributed by atoms with E-state index in [0.717, 1.165) is 45.0 Å². The first kappa shape index (κ1) is 33.6. The van der Waals surface area contributed by atoms with Crippen molar-refractivity contribution in [2.24, 2.45) is 0 Å². The van der Waals surface area contributed by atoms with Crippen LogP contribution in [0.5, 0.6) is 0 Å². The van der Waals surface area contributed by atoms with Crippen LogP contribution in [-0.2, 0) is 12.3 Å². The van der Waals surface area contributed by atoms with E-state index in [9.17, 15) is 0 Å². The monoisotopic (exact) mass is 759 g/mol. The SMILES string of the molecule is C[C@H](Np1oc2ccc3ccccc3c2c2c(ccc3ccccc32)o1)[C@H](c1ccccc1)P1Cc2ccc3ccccc3c2-c2c(ccc3ccccc23)C1. The van der Waals surface area contributed by atoms with Crippen LogP contribution in [0.15, 0.2) is 184 Å². The van der Waals surface area contributed by atoms with Gasteiger partial charge in [0, 0.05) is 22.5 Å². The standard InChI is InChI=1S/C51H39NO2P2/c1-33(52-56-53-45-29-27-36-15-7-11-21-43(36)49(45)50-44-22-12-8-16-37(44)28-30-46(50)54-56)51(38-17-3-2-4-18-38)55-31-39-25-23-34-13-5-9-19-41(34)47(39)48-40(32-55)26-24-35-14-6-10-20-42(35)48/h2-30,33,51-52H,31-32H2,1H3/t33-,51+/m0/s1. The van der Waals surface area contributed by atoms with Crippen LogP contribution in [0.4, 0.5) is 0 Å². The molecule has 9 aromatic carbocycles. The second kappa shape index (κ2) is 13.8. The average Bonchev–Trinajstić information content (AvgIpc) is 3.52. The fourth-order valence-electron chi connectivity index (χ4n) is 9.30. The van der Waals surface area contributed by atoms with Crippen LogP contribution in [0.2, 0.25) is 0 Å². The highest BCUT2D eigenvalue weighted by atomic mass is 31.1. The highest BCUT2D eigenvalue weighted by Crippen LogP contribution is 2.62. The summed E-state index contributed by atoms with van der Waals surface area (Å²) in [6.07, 6.45) is 2.04. The van der Waals surface area contributed by atoms with Crippen LogP contribution < -0.4 is 5.09 Å². The molecular formula is C51H39NO2P2. The van der Waals surface area contributed by atoms with Crippen LogP contribution in [-0.4, -0.2) is 6.04 Å². The minimum Gasteiger partial charge on any atom is -0.408 e. The van der Waals surface area contributed by atoms with Crippen molar-refractivity contribution in [2.45, 2.75) is 30.9 Å². The van der Waals surface area contributed by atoms with Gasteiger partial charge in [-0.1, -0.05) is 172 Å². The first-order valence-electron chi connectivity index (χ1n) is 19.4. The van der Waals surface area contributed by atoms with Gasteiger partial charge in [-0.3, -0.25) is 0 Å². The first-order chi connectivity index (χ1) is 27.7. The molecule has 0 radical (unpaired) electrons. The minimum atomic E-state index is -1.56. The Morgan fingerprint density at radius 3 is 1.36 bits per heavy atom. The molecule has 0 saturated carbocycles. The van der Waals surface area contributed by atoms with Crippen molar-refractivity contribution in [3.05, 3.63) is 193 Å². The van der Waals surface area contributed by atoms with Gasteiger partial charge in [-0.2, -0.15) is 0 Å². The Morgan fingerprint density at radius 1 is 0.446 bits per heavy atom. The second-order valence-corrected chi connectivity index (χ2v) is 18.6. The predicted molar refractivity (Wildman–Crippen MR) is 241 cm³/mol. The van der Waals surface area contributed by atoms with Gasteiger partial charge < -0.3 is 8.39 Å². The molecule has 1 aromatic heterocycles. The topological polar surface area (TPSA) is 38.3 Å². The van der Waals surface area contributed by atoms with Gasteiger partial charge >= 0.3 is 8.16 Å². The van der Waals surface area contributed by atoms with Crippen LogP contribution in [0.3, 0.4) is 0 Å². The van der Waals surface area contributed by atoms with Crippen LogP contribution in [0, 0.1) is 0 Å². The maximum absolute atomic E-state index is 7.01. The molecule has 2 heterocycles. The lowest BCUT2D eigenvalue weighted by atomic mass is 9.88.